The molecule has 0 spiro atoms. The van der Waals surface area contributed by atoms with Gasteiger partial charge in [0, 0.05) is 6.42 Å². The first-order valence-electron chi connectivity index (χ1n) is 10.5. The molecule has 176 valence electrons. The molecule has 0 aliphatic carbocycles. The van der Waals surface area contributed by atoms with Crippen LogP contribution in [0.2, 0.25) is 0 Å². The summed E-state index contributed by atoms with van der Waals surface area (Å²) in [4.78, 5) is 59.5. The lowest BCUT2D eigenvalue weighted by Gasteiger charge is -2.21. The second kappa shape index (κ2) is 11.6. The van der Waals surface area contributed by atoms with Gasteiger partial charge in [0.05, 0.1) is 6.54 Å². The largest absolute Gasteiger partial charge is 0.465 e. The highest BCUT2D eigenvalue weighted by atomic mass is 16.4. The van der Waals surface area contributed by atoms with Gasteiger partial charge in [-0.15, -0.1) is 0 Å². The highest BCUT2D eigenvalue weighted by molar-refractivity contribution is 6.38. The number of benzene rings is 2. The normalized spacial score (nSPS) is 13.4. The fourth-order valence-corrected chi connectivity index (χ4v) is 3.29. The molecule has 6 N–H and O–H groups in total. The summed E-state index contributed by atoms with van der Waals surface area (Å²) < 4.78 is 0. The van der Waals surface area contributed by atoms with Crippen molar-refractivity contribution in [1.29, 1.82) is 0 Å². The molecule has 2 aromatic rings. The average molecular weight is 456 g/mol. The molecule has 0 bridgehead atoms. The van der Waals surface area contributed by atoms with Gasteiger partial charge in [-0.05, 0) is 22.3 Å². The Morgan fingerprint density at radius 2 is 1.67 bits per heavy atom. The summed E-state index contributed by atoms with van der Waals surface area (Å²) in [6.45, 7) is 2.80. The Morgan fingerprint density at radius 1 is 1.00 bits per heavy atom. The van der Waals surface area contributed by atoms with Crippen molar-refractivity contribution in [2.75, 3.05) is 6.54 Å². The molecule has 10 nitrogen and oxygen atoms in total. The van der Waals surface area contributed by atoms with E-state index in [4.69, 9.17) is 10.8 Å². The lowest BCUT2D eigenvalue weighted by Crippen LogP contribution is -2.53. The summed E-state index contributed by atoms with van der Waals surface area (Å²) in [5, 5.41) is 17.6. The number of rotatable bonds is 11. The first-order valence-corrected chi connectivity index (χ1v) is 10.5. The Bertz CT molecular complexity index is 1050. The van der Waals surface area contributed by atoms with Crippen LogP contribution in [0.5, 0.6) is 0 Å². The summed E-state index contributed by atoms with van der Waals surface area (Å²) in [7, 11) is 0. The van der Waals surface area contributed by atoms with Crippen LogP contribution >= 0.6 is 0 Å². The van der Waals surface area contributed by atoms with E-state index in [1.165, 1.54) is 0 Å². The van der Waals surface area contributed by atoms with E-state index in [9.17, 15) is 24.0 Å². The zero-order valence-corrected chi connectivity index (χ0v) is 18.5. The molecular weight excluding hydrogens is 428 g/mol. The van der Waals surface area contributed by atoms with E-state index in [-0.39, 0.29) is 6.42 Å². The Kier molecular flexibility index (Phi) is 8.90. The first kappa shape index (κ1) is 25.3. The molecule has 0 aliphatic heterocycles. The summed E-state index contributed by atoms with van der Waals surface area (Å²) in [6.07, 6.45) is -0.825. The number of fused-ring (bicyclic) bond motifs is 1. The van der Waals surface area contributed by atoms with Crippen molar-refractivity contribution in [3.8, 4) is 0 Å². The lowest BCUT2D eigenvalue weighted by atomic mass is 9.95. The first-order chi connectivity index (χ1) is 15.6. The third-order valence-corrected chi connectivity index (χ3v) is 5.34. The molecule has 2 aromatic carbocycles. The van der Waals surface area contributed by atoms with Gasteiger partial charge >= 0.3 is 6.09 Å². The predicted octanol–water partition coefficient (Wildman–Crippen LogP) is 0.720. The number of carboxylic acid groups (broad SMARTS) is 1. The standard InChI is InChI=1S/C23H28N4O6/c1-3-13(2)19(27-23(32)33)20(29)22(31)25-12-18(28)26-17(21(24)30)11-14-8-9-15-6-4-5-7-16(15)10-14/h4-10,13,17,19,27H,3,11-12H2,1-2H3,(H2,24,30)(H,25,31)(H,26,28)(H,32,33)/t13-,17-,19?/m0/s1. The molecule has 0 saturated heterocycles. The molecule has 2 rings (SSSR count). The van der Waals surface area contributed by atoms with Crippen LogP contribution in [0.1, 0.15) is 25.8 Å². The topological polar surface area (TPSA) is 168 Å². The molecule has 33 heavy (non-hydrogen) atoms. The van der Waals surface area contributed by atoms with E-state index < -0.39 is 54.1 Å². The summed E-state index contributed by atoms with van der Waals surface area (Å²) in [5.74, 6) is -3.99. The molecule has 10 heteroatoms. The predicted molar refractivity (Wildman–Crippen MR) is 121 cm³/mol. The van der Waals surface area contributed by atoms with Crippen molar-refractivity contribution in [2.45, 2.75) is 38.8 Å². The van der Waals surface area contributed by atoms with E-state index in [1.807, 2.05) is 47.8 Å². The molecular formula is C23H28N4O6. The summed E-state index contributed by atoms with van der Waals surface area (Å²) in [6, 6.07) is 11.0. The van der Waals surface area contributed by atoms with Crippen molar-refractivity contribution in [3.05, 3.63) is 48.0 Å². The van der Waals surface area contributed by atoms with E-state index >= 15 is 0 Å². The Labute approximate surface area is 190 Å². The van der Waals surface area contributed by atoms with Gasteiger partial charge in [0.1, 0.15) is 12.1 Å². The van der Waals surface area contributed by atoms with Gasteiger partial charge < -0.3 is 26.8 Å². The SMILES string of the molecule is CC[C@H](C)C(NC(=O)O)C(=O)C(=O)NCC(=O)N[C@@H](Cc1ccc2ccccc2c1)C(N)=O. The van der Waals surface area contributed by atoms with E-state index in [0.717, 1.165) is 16.3 Å². The maximum Gasteiger partial charge on any atom is 0.405 e. The number of Topliss-reactive ketones (excluding diaryl/α,β-unsaturated/α-hetero) is 1. The molecule has 0 saturated carbocycles. The quantitative estimate of drug-likeness (QED) is 0.312. The van der Waals surface area contributed by atoms with Crippen molar-refractivity contribution in [3.63, 3.8) is 0 Å². The minimum absolute atomic E-state index is 0.150. The van der Waals surface area contributed by atoms with Crippen LogP contribution < -0.4 is 21.7 Å². The van der Waals surface area contributed by atoms with Crippen LogP contribution in [0.25, 0.3) is 10.8 Å². The second-order valence-corrected chi connectivity index (χ2v) is 7.77. The third kappa shape index (κ3) is 7.30. The minimum atomic E-state index is -1.43. The average Bonchev–Trinajstić information content (AvgIpc) is 2.79. The number of primary amides is 1. The monoisotopic (exact) mass is 456 g/mol. The van der Waals surface area contributed by atoms with Crippen molar-refractivity contribution >= 4 is 40.4 Å². The molecule has 0 aromatic heterocycles. The highest BCUT2D eigenvalue weighted by Gasteiger charge is 2.31. The molecule has 1 unspecified atom stereocenters. The number of hydrogen-bond donors (Lipinski definition) is 5. The van der Waals surface area contributed by atoms with Crippen molar-refractivity contribution < 1.29 is 29.1 Å². The van der Waals surface area contributed by atoms with Crippen LogP contribution in [0.3, 0.4) is 0 Å². The molecule has 3 atom stereocenters. The maximum absolute atomic E-state index is 12.3. The smallest absolute Gasteiger partial charge is 0.405 e. The molecule has 4 amide bonds. The van der Waals surface area contributed by atoms with Gasteiger partial charge in [-0.3, -0.25) is 19.2 Å². The third-order valence-electron chi connectivity index (χ3n) is 5.34. The van der Waals surface area contributed by atoms with Crippen molar-refractivity contribution in [1.82, 2.24) is 16.0 Å². The van der Waals surface area contributed by atoms with Gasteiger partial charge in [-0.2, -0.15) is 0 Å². The number of ketones is 1. The van der Waals surface area contributed by atoms with E-state index in [2.05, 4.69) is 10.6 Å². The molecule has 0 aliphatic rings. The number of amides is 4. The zero-order chi connectivity index (χ0) is 24.5. The van der Waals surface area contributed by atoms with Crippen LogP contribution in [0.15, 0.2) is 42.5 Å². The highest BCUT2D eigenvalue weighted by Crippen LogP contribution is 2.16. The fraction of sp³-hybridized carbons (Fsp3) is 0.348. The lowest BCUT2D eigenvalue weighted by molar-refractivity contribution is -0.140. The van der Waals surface area contributed by atoms with Gasteiger partial charge in [-0.25, -0.2) is 4.79 Å². The molecule has 0 heterocycles. The molecule has 0 fully saturated rings. The Hall–Kier alpha value is -3.95. The van der Waals surface area contributed by atoms with E-state index in [1.54, 1.807) is 13.8 Å². The number of carbonyl (C=O) groups is 5. The van der Waals surface area contributed by atoms with Gasteiger partial charge in [0.2, 0.25) is 17.6 Å². The van der Waals surface area contributed by atoms with Crippen LogP contribution in [0, 0.1) is 5.92 Å². The molecule has 0 radical (unpaired) electrons. The van der Waals surface area contributed by atoms with Gasteiger partial charge in [0.25, 0.3) is 5.91 Å². The van der Waals surface area contributed by atoms with Crippen LogP contribution in [-0.4, -0.2) is 53.3 Å². The fourth-order valence-electron chi connectivity index (χ4n) is 3.29. The number of carbonyl (C=O) groups excluding carboxylic acids is 4. The number of nitrogens with two attached hydrogens (primary N) is 1. The van der Waals surface area contributed by atoms with Crippen molar-refractivity contribution in [2.24, 2.45) is 11.7 Å². The number of nitrogens with one attached hydrogen (secondary N) is 3. The zero-order valence-electron chi connectivity index (χ0n) is 18.5. The maximum atomic E-state index is 12.3. The minimum Gasteiger partial charge on any atom is -0.465 e. The van der Waals surface area contributed by atoms with Gasteiger partial charge in [0.15, 0.2) is 0 Å². The van der Waals surface area contributed by atoms with Crippen LogP contribution in [0.4, 0.5) is 4.79 Å². The number of hydrogen-bond acceptors (Lipinski definition) is 5. The van der Waals surface area contributed by atoms with Gasteiger partial charge in [-0.1, -0.05) is 62.7 Å². The summed E-state index contributed by atoms with van der Waals surface area (Å²) >= 11 is 0. The van der Waals surface area contributed by atoms with Crippen LogP contribution in [-0.2, 0) is 25.6 Å². The summed E-state index contributed by atoms with van der Waals surface area (Å²) in [5.41, 5.74) is 6.21. The Morgan fingerprint density at radius 3 is 2.27 bits per heavy atom. The second-order valence-electron chi connectivity index (χ2n) is 7.77. The Balaban J connectivity index is 1.97. The van der Waals surface area contributed by atoms with E-state index in [0.29, 0.717) is 6.42 Å².